The lowest BCUT2D eigenvalue weighted by atomic mass is 10.0. The molecule has 0 saturated carbocycles. The average Bonchev–Trinajstić information content (AvgIpc) is 3.47. The van der Waals surface area contributed by atoms with Crippen LogP contribution in [0.3, 0.4) is 0 Å². The molecule has 1 unspecified atom stereocenters. The van der Waals surface area contributed by atoms with Gasteiger partial charge in [0.1, 0.15) is 13.2 Å². The van der Waals surface area contributed by atoms with Crippen LogP contribution in [0, 0.1) is 0 Å². The molecule has 0 aromatic rings. The van der Waals surface area contributed by atoms with Gasteiger partial charge in [-0.25, -0.2) is 0 Å². The van der Waals surface area contributed by atoms with Crippen molar-refractivity contribution in [3.63, 3.8) is 0 Å². The van der Waals surface area contributed by atoms with Crippen molar-refractivity contribution >= 4 is 17.9 Å². The number of allylic oxidation sites excluding steroid dienone is 18. The van der Waals surface area contributed by atoms with Crippen LogP contribution in [0.4, 0.5) is 0 Å². The van der Waals surface area contributed by atoms with E-state index in [1.807, 2.05) is 6.08 Å². The fourth-order valence-electron chi connectivity index (χ4n) is 9.90. The Hall–Kier alpha value is -3.93. The second kappa shape index (κ2) is 69.6. The molecule has 0 heterocycles. The predicted octanol–water partition coefficient (Wildman–Crippen LogP) is 24.2. The Morgan fingerprint density at radius 1 is 0.256 bits per heavy atom. The minimum Gasteiger partial charge on any atom is -0.462 e. The first kappa shape index (κ1) is 78.1. The second-order valence-electron chi connectivity index (χ2n) is 23.0. The molecule has 0 aromatic heterocycles. The van der Waals surface area contributed by atoms with Crippen LogP contribution in [0.5, 0.6) is 0 Å². The van der Waals surface area contributed by atoms with Crippen molar-refractivity contribution < 1.29 is 28.6 Å². The van der Waals surface area contributed by atoms with Gasteiger partial charge in [-0.05, 0) is 89.9 Å². The Morgan fingerprint density at radius 2 is 0.500 bits per heavy atom. The SMILES string of the molecule is CC/C=C\C/C=C\C/C=C\C/C=C\C/C=C\C/C=C\CCC(=O)OC(COC(=O)CCCCCCCCC/C=C\C/C=C\C/C=C\CC)COC(=O)CCCCCCCCCCCCCCCCCCCCCCCCCCCCCC. The van der Waals surface area contributed by atoms with E-state index in [1.165, 1.54) is 186 Å². The highest BCUT2D eigenvalue weighted by atomic mass is 16.6. The van der Waals surface area contributed by atoms with Gasteiger partial charge in [-0.2, -0.15) is 0 Å². The molecule has 0 aliphatic heterocycles. The van der Waals surface area contributed by atoms with E-state index in [0.717, 1.165) is 103 Å². The van der Waals surface area contributed by atoms with Gasteiger partial charge in [-0.3, -0.25) is 14.4 Å². The molecule has 0 bridgehead atoms. The van der Waals surface area contributed by atoms with E-state index < -0.39 is 12.1 Å². The van der Waals surface area contributed by atoms with Crippen molar-refractivity contribution in [2.24, 2.45) is 0 Å². The van der Waals surface area contributed by atoms with Crippen molar-refractivity contribution in [1.29, 1.82) is 0 Å². The van der Waals surface area contributed by atoms with Crippen LogP contribution in [0.2, 0.25) is 0 Å². The first-order valence-electron chi connectivity index (χ1n) is 34.9. The summed E-state index contributed by atoms with van der Waals surface area (Å²) in [6.07, 6.45) is 95.7. The quantitative estimate of drug-likeness (QED) is 0.0261. The Labute approximate surface area is 508 Å². The number of esters is 3. The summed E-state index contributed by atoms with van der Waals surface area (Å²) in [6.45, 7) is 6.39. The number of hydrogen-bond acceptors (Lipinski definition) is 6. The van der Waals surface area contributed by atoms with Crippen LogP contribution in [0.15, 0.2) is 109 Å². The lowest BCUT2D eigenvalue weighted by Gasteiger charge is -2.18. The van der Waals surface area contributed by atoms with Crippen molar-refractivity contribution in [2.45, 2.75) is 341 Å². The highest BCUT2D eigenvalue weighted by Gasteiger charge is 2.19. The zero-order valence-electron chi connectivity index (χ0n) is 54.0. The van der Waals surface area contributed by atoms with Crippen molar-refractivity contribution in [3.05, 3.63) is 109 Å². The van der Waals surface area contributed by atoms with Gasteiger partial charge < -0.3 is 14.2 Å². The second-order valence-corrected chi connectivity index (χ2v) is 23.0. The van der Waals surface area contributed by atoms with E-state index in [2.05, 4.69) is 124 Å². The van der Waals surface area contributed by atoms with E-state index in [0.29, 0.717) is 19.3 Å². The fourth-order valence-corrected chi connectivity index (χ4v) is 9.90. The van der Waals surface area contributed by atoms with E-state index in [4.69, 9.17) is 14.2 Å². The van der Waals surface area contributed by atoms with E-state index in [1.54, 1.807) is 0 Å². The molecule has 0 N–H and O–H groups in total. The largest absolute Gasteiger partial charge is 0.462 e. The summed E-state index contributed by atoms with van der Waals surface area (Å²) in [6, 6.07) is 0. The first-order valence-corrected chi connectivity index (χ1v) is 34.9. The monoisotopic (exact) mass is 1140 g/mol. The van der Waals surface area contributed by atoms with Gasteiger partial charge in [0, 0.05) is 19.3 Å². The number of unbranched alkanes of at least 4 members (excludes halogenated alkanes) is 34. The van der Waals surface area contributed by atoms with Gasteiger partial charge in [0.2, 0.25) is 0 Å². The number of rotatable bonds is 63. The molecule has 470 valence electrons. The summed E-state index contributed by atoms with van der Waals surface area (Å²) < 4.78 is 16.9. The summed E-state index contributed by atoms with van der Waals surface area (Å²) in [5.41, 5.74) is 0. The van der Waals surface area contributed by atoms with E-state index in [-0.39, 0.29) is 31.6 Å². The summed E-state index contributed by atoms with van der Waals surface area (Å²) in [5.74, 6) is -0.993. The van der Waals surface area contributed by atoms with Crippen LogP contribution in [0.1, 0.15) is 335 Å². The van der Waals surface area contributed by atoms with E-state index in [9.17, 15) is 14.4 Å². The van der Waals surface area contributed by atoms with Crippen molar-refractivity contribution in [1.82, 2.24) is 0 Å². The minimum atomic E-state index is -0.825. The highest BCUT2D eigenvalue weighted by molar-refractivity contribution is 5.71. The van der Waals surface area contributed by atoms with Gasteiger partial charge in [-0.15, -0.1) is 0 Å². The van der Waals surface area contributed by atoms with Gasteiger partial charge in [0.05, 0.1) is 0 Å². The maximum atomic E-state index is 12.9. The van der Waals surface area contributed by atoms with Crippen LogP contribution in [0.25, 0.3) is 0 Å². The topological polar surface area (TPSA) is 78.9 Å². The molecular weight excluding hydrogens is 1010 g/mol. The van der Waals surface area contributed by atoms with Gasteiger partial charge in [-0.1, -0.05) is 336 Å². The molecule has 0 rings (SSSR count). The maximum absolute atomic E-state index is 12.9. The van der Waals surface area contributed by atoms with Crippen LogP contribution < -0.4 is 0 Å². The van der Waals surface area contributed by atoms with Crippen molar-refractivity contribution in [2.75, 3.05) is 13.2 Å². The van der Waals surface area contributed by atoms with Gasteiger partial charge in [0.15, 0.2) is 6.10 Å². The average molecular weight is 1140 g/mol. The van der Waals surface area contributed by atoms with Gasteiger partial charge >= 0.3 is 17.9 Å². The smallest absolute Gasteiger partial charge is 0.306 e. The molecule has 0 fully saturated rings. The first-order chi connectivity index (χ1) is 40.5. The third-order valence-electron chi connectivity index (χ3n) is 15.0. The highest BCUT2D eigenvalue weighted by Crippen LogP contribution is 2.18. The maximum Gasteiger partial charge on any atom is 0.306 e. The lowest BCUT2D eigenvalue weighted by Crippen LogP contribution is -2.30. The predicted molar refractivity (Wildman–Crippen MR) is 357 cm³/mol. The number of carbonyl (C=O) groups excluding carboxylic acids is 3. The van der Waals surface area contributed by atoms with Crippen LogP contribution in [-0.4, -0.2) is 37.2 Å². The lowest BCUT2D eigenvalue weighted by molar-refractivity contribution is -0.166. The molecular formula is C76H130O6. The van der Waals surface area contributed by atoms with Crippen LogP contribution >= 0.6 is 0 Å². The summed E-state index contributed by atoms with van der Waals surface area (Å²) in [5, 5.41) is 0. The molecule has 6 nitrogen and oxygen atoms in total. The van der Waals surface area contributed by atoms with E-state index >= 15 is 0 Å². The Kier molecular flexibility index (Phi) is 66.2. The number of ether oxygens (including phenoxy) is 3. The zero-order chi connectivity index (χ0) is 59.2. The standard InChI is InChI=1S/C76H130O6/c1-4-7-10-13-16-19-22-25-28-31-33-34-35-36-37-38-39-40-41-43-45-48-51-54-57-60-63-66-69-75(78)81-72-73(71-80-74(77)68-65-62-59-56-53-50-47-44-30-27-24-21-18-15-12-9-6-3)82-76(79)70-67-64-61-58-55-52-49-46-42-32-29-26-23-20-17-14-11-8-5-2/h8-9,11-12,17-18,20-21,26-27,29-30,42,46,52,55,61,64,73H,4-7,10,13-16,19,22-25,28,31-41,43-45,47-51,53-54,56-60,62-63,65-72H2,1-3H3/b11-8-,12-9-,20-17-,21-18-,29-26-,30-27-,46-42-,55-52-,64-61-. The van der Waals surface area contributed by atoms with Crippen molar-refractivity contribution in [3.8, 4) is 0 Å². The normalized spacial score (nSPS) is 12.8. The Morgan fingerprint density at radius 3 is 0.793 bits per heavy atom. The molecule has 0 aromatic carbocycles. The Balaban J connectivity index is 4.36. The van der Waals surface area contributed by atoms with Crippen LogP contribution in [-0.2, 0) is 28.6 Å². The summed E-state index contributed by atoms with van der Waals surface area (Å²) >= 11 is 0. The third-order valence-corrected chi connectivity index (χ3v) is 15.0. The molecule has 0 amide bonds. The molecule has 0 radical (unpaired) electrons. The number of carbonyl (C=O) groups is 3. The minimum absolute atomic E-state index is 0.110. The fraction of sp³-hybridized carbons (Fsp3) is 0.724. The molecule has 82 heavy (non-hydrogen) atoms. The summed E-state index contributed by atoms with van der Waals surface area (Å²) in [7, 11) is 0. The molecule has 6 heteroatoms. The molecule has 1 atom stereocenters. The molecule has 0 aliphatic rings. The molecule has 0 spiro atoms. The Bertz CT molecular complexity index is 1640. The molecule has 0 saturated heterocycles. The zero-order valence-corrected chi connectivity index (χ0v) is 54.0. The summed E-state index contributed by atoms with van der Waals surface area (Å²) in [4.78, 5) is 38.4. The third kappa shape index (κ3) is 66.9. The molecule has 0 aliphatic carbocycles. The number of hydrogen-bond donors (Lipinski definition) is 0. The van der Waals surface area contributed by atoms with Gasteiger partial charge in [0.25, 0.3) is 0 Å².